The average molecular weight is 385 g/mol. The topological polar surface area (TPSA) is 65.6 Å². The van der Waals surface area contributed by atoms with E-state index < -0.39 is 0 Å². The maximum Gasteiger partial charge on any atom is 0.210 e. The SMILES string of the molecule is Cc1cc(C(=O)CSc2nnnn2C2CC2)c(C)n1Cc1ccc(F)cc1. The van der Waals surface area contributed by atoms with Crippen molar-refractivity contribution in [3.8, 4) is 0 Å². The predicted molar refractivity (Wildman–Crippen MR) is 101 cm³/mol. The standard InChI is InChI=1S/C19H20FN5OS/c1-12-9-17(13(2)24(12)10-14-3-5-15(20)6-4-14)18(26)11-27-19-21-22-23-25(19)16-7-8-16/h3-6,9,16H,7-8,10-11H2,1-2H3. The summed E-state index contributed by atoms with van der Waals surface area (Å²) in [5, 5.41) is 12.5. The molecule has 0 spiro atoms. The largest absolute Gasteiger partial charge is 0.344 e. The van der Waals surface area contributed by atoms with Gasteiger partial charge in [-0.15, -0.1) is 5.10 Å². The third kappa shape index (κ3) is 3.80. The van der Waals surface area contributed by atoms with E-state index in [1.807, 2.05) is 24.6 Å². The van der Waals surface area contributed by atoms with Gasteiger partial charge in [0.25, 0.3) is 0 Å². The fraction of sp³-hybridized carbons (Fsp3) is 0.368. The number of hydrogen-bond acceptors (Lipinski definition) is 5. The lowest BCUT2D eigenvalue weighted by Crippen LogP contribution is -2.08. The summed E-state index contributed by atoms with van der Waals surface area (Å²) >= 11 is 1.38. The van der Waals surface area contributed by atoms with E-state index in [0.29, 0.717) is 29.1 Å². The lowest BCUT2D eigenvalue weighted by atomic mass is 10.2. The van der Waals surface area contributed by atoms with Gasteiger partial charge in [-0.05, 0) is 60.9 Å². The van der Waals surface area contributed by atoms with Gasteiger partial charge in [-0.25, -0.2) is 9.07 Å². The summed E-state index contributed by atoms with van der Waals surface area (Å²) in [6.45, 7) is 4.54. The van der Waals surface area contributed by atoms with Crippen LogP contribution in [0.5, 0.6) is 0 Å². The first-order valence-electron chi connectivity index (χ1n) is 8.88. The number of nitrogens with zero attached hydrogens (tertiary/aromatic N) is 5. The van der Waals surface area contributed by atoms with Gasteiger partial charge in [-0.2, -0.15) is 0 Å². The highest BCUT2D eigenvalue weighted by Crippen LogP contribution is 2.36. The van der Waals surface area contributed by atoms with Crippen LogP contribution in [-0.2, 0) is 6.54 Å². The molecule has 0 radical (unpaired) electrons. The lowest BCUT2D eigenvalue weighted by Gasteiger charge is -2.10. The normalized spacial score (nSPS) is 13.9. The minimum atomic E-state index is -0.249. The Labute approximate surface area is 160 Å². The van der Waals surface area contributed by atoms with Crippen molar-refractivity contribution in [2.75, 3.05) is 5.75 Å². The Kier molecular flexibility index (Phi) is 4.82. The second-order valence-electron chi connectivity index (χ2n) is 6.85. The van der Waals surface area contributed by atoms with Crippen LogP contribution in [0.2, 0.25) is 0 Å². The van der Waals surface area contributed by atoms with E-state index in [1.165, 1.54) is 23.9 Å². The Balaban J connectivity index is 1.47. The third-order valence-corrected chi connectivity index (χ3v) is 5.75. The van der Waals surface area contributed by atoms with Gasteiger partial charge in [0.15, 0.2) is 5.78 Å². The number of rotatable bonds is 7. The molecule has 3 aromatic rings. The highest BCUT2D eigenvalue weighted by Gasteiger charge is 2.28. The van der Waals surface area contributed by atoms with E-state index in [-0.39, 0.29) is 11.6 Å². The van der Waals surface area contributed by atoms with Crippen LogP contribution < -0.4 is 0 Å². The molecular weight excluding hydrogens is 365 g/mol. The maximum atomic E-state index is 13.1. The second kappa shape index (κ2) is 7.26. The third-order valence-electron chi connectivity index (χ3n) is 4.82. The summed E-state index contributed by atoms with van der Waals surface area (Å²) in [6.07, 6.45) is 2.19. The van der Waals surface area contributed by atoms with Crippen LogP contribution in [-0.4, -0.2) is 36.3 Å². The van der Waals surface area contributed by atoms with E-state index >= 15 is 0 Å². The van der Waals surface area contributed by atoms with Crippen LogP contribution in [0.1, 0.15) is 46.2 Å². The van der Waals surface area contributed by atoms with Crippen LogP contribution in [0, 0.1) is 19.7 Å². The number of Topliss-reactive ketones (excluding diaryl/α,β-unsaturated/α-hetero) is 1. The number of carbonyl (C=O) groups is 1. The molecule has 2 aromatic heterocycles. The molecule has 0 amide bonds. The molecule has 140 valence electrons. The minimum Gasteiger partial charge on any atom is -0.344 e. The number of aromatic nitrogens is 5. The molecule has 0 N–H and O–H groups in total. The Morgan fingerprint density at radius 1 is 1.26 bits per heavy atom. The zero-order valence-electron chi connectivity index (χ0n) is 15.2. The lowest BCUT2D eigenvalue weighted by molar-refractivity contribution is 0.102. The van der Waals surface area contributed by atoms with E-state index in [4.69, 9.17) is 0 Å². The predicted octanol–water partition coefficient (Wildman–Crippen LogP) is 3.59. The van der Waals surface area contributed by atoms with Crippen LogP contribution in [0.25, 0.3) is 0 Å². The van der Waals surface area contributed by atoms with Crippen LogP contribution in [0.3, 0.4) is 0 Å². The summed E-state index contributed by atoms with van der Waals surface area (Å²) in [5.74, 6) is 0.110. The second-order valence-corrected chi connectivity index (χ2v) is 7.79. The van der Waals surface area contributed by atoms with Crippen LogP contribution in [0.4, 0.5) is 4.39 Å². The van der Waals surface area contributed by atoms with Crippen molar-refractivity contribution in [3.05, 3.63) is 58.7 Å². The Bertz CT molecular complexity index is 975. The van der Waals surface area contributed by atoms with E-state index in [2.05, 4.69) is 20.1 Å². The minimum absolute atomic E-state index is 0.0591. The van der Waals surface area contributed by atoms with Crippen molar-refractivity contribution in [1.29, 1.82) is 0 Å². The molecular formula is C19H20FN5OS. The van der Waals surface area contributed by atoms with Gasteiger partial charge in [0.2, 0.25) is 5.16 Å². The van der Waals surface area contributed by atoms with Crippen molar-refractivity contribution in [1.82, 2.24) is 24.8 Å². The number of aryl methyl sites for hydroxylation is 1. The average Bonchev–Trinajstić information content (AvgIpc) is 3.33. The molecule has 27 heavy (non-hydrogen) atoms. The molecule has 1 saturated carbocycles. The van der Waals surface area contributed by atoms with Crippen LogP contribution >= 0.6 is 11.8 Å². The smallest absolute Gasteiger partial charge is 0.210 e. The zero-order valence-corrected chi connectivity index (χ0v) is 16.0. The Hall–Kier alpha value is -2.48. The molecule has 4 rings (SSSR count). The summed E-state index contributed by atoms with van der Waals surface area (Å²) in [5.41, 5.74) is 3.64. The van der Waals surface area contributed by atoms with Crippen LogP contribution in [0.15, 0.2) is 35.5 Å². The fourth-order valence-corrected chi connectivity index (χ4v) is 3.96. The first-order chi connectivity index (χ1) is 13.0. The molecule has 0 bridgehead atoms. The number of thioether (sulfide) groups is 1. The molecule has 8 heteroatoms. The molecule has 0 saturated heterocycles. The van der Waals surface area contributed by atoms with Gasteiger partial charge in [-0.1, -0.05) is 23.9 Å². The van der Waals surface area contributed by atoms with Gasteiger partial charge in [-0.3, -0.25) is 4.79 Å². The summed E-state index contributed by atoms with van der Waals surface area (Å²) in [6, 6.07) is 8.75. The van der Waals surface area contributed by atoms with Gasteiger partial charge in [0, 0.05) is 23.5 Å². The number of ketones is 1. The van der Waals surface area contributed by atoms with Crippen molar-refractivity contribution in [2.24, 2.45) is 0 Å². The van der Waals surface area contributed by atoms with Gasteiger partial charge in [0.05, 0.1) is 11.8 Å². The molecule has 6 nitrogen and oxygen atoms in total. The first kappa shape index (κ1) is 17.9. The number of carbonyl (C=O) groups excluding carboxylic acids is 1. The molecule has 1 fully saturated rings. The van der Waals surface area contributed by atoms with Crippen molar-refractivity contribution in [3.63, 3.8) is 0 Å². The molecule has 1 aliphatic rings. The number of benzene rings is 1. The molecule has 0 aliphatic heterocycles. The van der Waals surface area contributed by atoms with E-state index in [0.717, 1.165) is 29.8 Å². The zero-order chi connectivity index (χ0) is 19.0. The molecule has 1 aromatic carbocycles. The van der Waals surface area contributed by atoms with E-state index in [1.54, 1.807) is 12.1 Å². The highest BCUT2D eigenvalue weighted by atomic mass is 32.2. The summed E-state index contributed by atoms with van der Waals surface area (Å²) < 4.78 is 17.0. The molecule has 0 unspecified atom stereocenters. The monoisotopic (exact) mass is 385 g/mol. The fourth-order valence-electron chi connectivity index (χ4n) is 3.14. The quantitative estimate of drug-likeness (QED) is 0.459. The van der Waals surface area contributed by atoms with Crippen molar-refractivity contribution in [2.45, 2.75) is 44.4 Å². The highest BCUT2D eigenvalue weighted by molar-refractivity contribution is 7.99. The van der Waals surface area contributed by atoms with Crippen molar-refractivity contribution >= 4 is 17.5 Å². The summed E-state index contributed by atoms with van der Waals surface area (Å²) in [7, 11) is 0. The number of hydrogen-bond donors (Lipinski definition) is 0. The number of tetrazole rings is 1. The maximum absolute atomic E-state index is 13.1. The molecule has 0 atom stereocenters. The van der Waals surface area contributed by atoms with Gasteiger partial charge < -0.3 is 4.57 Å². The van der Waals surface area contributed by atoms with E-state index in [9.17, 15) is 9.18 Å². The molecule has 2 heterocycles. The Morgan fingerprint density at radius 3 is 2.70 bits per heavy atom. The molecule has 1 aliphatic carbocycles. The summed E-state index contributed by atoms with van der Waals surface area (Å²) in [4.78, 5) is 12.8. The Morgan fingerprint density at radius 2 is 2.00 bits per heavy atom. The first-order valence-corrected chi connectivity index (χ1v) is 9.86. The van der Waals surface area contributed by atoms with Crippen molar-refractivity contribution < 1.29 is 9.18 Å². The van der Waals surface area contributed by atoms with Gasteiger partial charge in [0.1, 0.15) is 5.82 Å². The number of halogens is 1. The van der Waals surface area contributed by atoms with Gasteiger partial charge >= 0.3 is 0 Å².